The molecule has 0 atom stereocenters. The molecule has 5 nitrogen and oxygen atoms in total. The quantitative estimate of drug-likeness (QED) is 0.825. The number of nitrogens with one attached hydrogen (secondary N) is 1. The fraction of sp³-hybridized carbons (Fsp3) is 0.333. The van der Waals surface area contributed by atoms with Crippen molar-refractivity contribution in [3.8, 4) is 0 Å². The van der Waals surface area contributed by atoms with Gasteiger partial charge in [-0.05, 0) is 30.5 Å². The van der Waals surface area contributed by atoms with Gasteiger partial charge < -0.3 is 9.52 Å². The number of oxazole rings is 1. The first kappa shape index (κ1) is 10.1. The molecule has 1 aromatic carbocycles. The van der Waals surface area contributed by atoms with Crippen LogP contribution in [0.3, 0.4) is 0 Å². The molecule has 0 amide bonds. The number of hydrogen-bond acceptors (Lipinski definition) is 3. The second-order valence-electron chi connectivity index (χ2n) is 4.47. The van der Waals surface area contributed by atoms with Gasteiger partial charge in [-0.3, -0.25) is 9.78 Å². The summed E-state index contributed by atoms with van der Waals surface area (Å²) in [5.41, 5.74) is 0.974. The van der Waals surface area contributed by atoms with Gasteiger partial charge in [0.05, 0.1) is 10.9 Å². The number of carboxylic acid groups (broad SMARTS) is 1. The fourth-order valence-electron chi connectivity index (χ4n) is 2.41. The highest BCUT2D eigenvalue weighted by Crippen LogP contribution is 2.44. The first-order chi connectivity index (χ1) is 8.12. The molecule has 1 aliphatic carbocycles. The molecule has 0 spiro atoms. The highest BCUT2D eigenvalue weighted by atomic mass is 16.4. The van der Waals surface area contributed by atoms with E-state index in [0.29, 0.717) is 23.9 Å². The Kier molecular flexibility index (Phi) is 1.92. The van der Waals surface area contributed by atoms with E-state index >= 15 is 0 Å². The van der Waals surface area contributed by atoms with Gasteiger partial charge in [0, 0.05) is 0 Å². The zero-order valence-corrected chi connectivity index (χ0v) is 9.03. The summed E-state index contributed by atoms with van der Waals surface area (Å²) in [5.74, 6) is -1.32. The highest BCUT2D eigenvalue weighted by Gasteiger charge is 2.46. The molecule has 1 heterocycles. The van der Waals surface area contributed by atoms with E-state index in [1.54, 1.807) is 18.2 Å². The molecule has 3 rings (SSSR count). The van der Waals surface area contributed by atoms with Crippen LogP contribution in [0.15, 0.2) is 27.4 Å². The molecule has 0 saturated heterocycles. The van der Waals surface area contributed by atoms with Gasteiger partial charge >= 0.3 is 11.7 Å². The monoisotopic (exact) mass is 233 g/mol. The van der Waals surface area contributed by atoms with Crippen LogP contribution in [0, 0.1) is 0 Å². The van der Waals surface area contributed by atoms with Crippen molar-refractivity contribution in [3.63, 3.8) is 0 Å². The average Bonchev–Trinajstić information content (AvgIpc) is 2.54. The molecule has 0 aliphatic heterocycles. The molecule has 5 heteroatoms. The van der Waals surface area contributed by atoms with Crippen LogP contribution < -0.4 is 5.76 Å². The van der Waals surface area contributed by atoms with E-state index in [4.69, 9.17) is 4.42 Å². The SMILES string of the molecule is O=C(O)C1(c2ccc3oc(=O)[nH]c3c2)CCC1. The summed E-state index contributed by atoms with van der Waals surface area (Å²) in [7, 11) is 0. The van der Waals surface area contributed by atoms with Crippen LogP contribution in [0.1, 0.15) is 24.8 Å². The average molecular weight is 233 g/mol. The van der Waals surface area contributed by atoms with Crippen LogP contribution in [0.5, 0.6) is 0 Å². The minimum Gasteiger partial charge on any atom is -0.481 e. The predicted molar refractivity (Wildman–Crippen MR) is 60.0 cm³/mol. The summed E-state index contributed by atoms with van der Waals surface area (Å²) >= 11 is 0. The molecule has 1 fully saturated rings. The molecule has 88 valence electrons. The predicted octanol–water partition coefficient (Wildman–Crippen LogP) is 1.63. The van der Waals surface area contributed by atoms with Crippen molar-refractivity contribution >= 4 is 17.1 Å². The van der Waals surface area contributed by atoms with E-state index in [1.807, 2.05) is 0 Å². The molecule has 1 saturated carbocycles. The number of aromatic nitrogens is 1. The van der Waals surface area contributed by atoms with E-state index in [9.17, 15) is 14.7 Å². The summed E-state index contributed by atoms with van der Waals surface area (Å²) in [6.07, 6.45) is 2.22. The van der Waals surface area contributed by atoms with E-state index < -0.39 is 17.1 Å². The van der Waals surface area contributed by atoms with Crippen molar-refractivity contribution in [2.75, 3.05) is 0 Å². The Balaban J connectivity index is 2.17. The number of benzene rings is 1. The van der Waals surface area contributed by atoms with Gasteiger partial charge in [-0.15, -0.1) is 0 Å². The Morgan fingerprint density at radius 3 is 2.76 bits per heavy atom. The van der Waals surface area contributed by atoms with Gasteiger partial charge in [-0.25, -0.2) is 4.79 Å². The summed E-state index contributed by atoms with van der Waals surface area (Å²) in [4.78, 5) is 24.9. The maximum Gasteiger partial charge on any atom is 0.417 e. The number of fused-ring (bicyclic) bond motifs is 1. The standard InChI is InChI=1S/C12H11NO4/c14-10(15)12(4-1-5-12)7-2-3-9-8(6-7)13-11(16)17-9/h2-3,6H,1,4-5H2,(H,13,16)(H,14,15). The van der Waals surface area contributed by atoms with Crippen LogP contribution in [0.2, 0.25) is 0 Å². The van der Waals surface area contributed by atoms with Gasteiger partial charge in [0.2, 0.25) is 0 Å². The van der Waals surface area contributed by atoms with E-state index in [-0.39, 0.29) is 0 Å². The zero-order chi connectivity index (χ0) is 12.0. The summed E-state index contributed by atoms with van der Waals surface area (Å²) in [6.45, 7) is 0. The molecule has 1 aromatic heterocycles. The highest BCUT2D eigenvalue weighted by molar-refractivity contribution is 5.84. The largest absolute Gasteiger partial charge is 0.481 e. The number of carbonyl (C=O) groups is 1. The van der Waals surface area contributed by atoms with Crippen molar-refractivity contribution in [3.05, 3.63) is 34.3 Å². The number of aromatic amines is 1. The Hall–Kier alpha value is -2.04. The third-order valence-corrected chi connectivity index (χ3v) is 3.59. The normalized spacial score (nSPS) is 17.9. The lowest BCUT2D eigenvalue weighted by molar-refractivity contribution is -0.147. The minimum absolute atomic E-state index is 0.457. The topological polar surface area (TPSA) is 83.3 Å². The van der Waals surface area contributed by atoms with Crippen LogP contribution in [-0.2, 0) is 10.2 Å². The van der Waals surface area contributed by atoms with Gasteiger partial charge in [-0.1, -0.05) is 12.5 Å². The summed E-state index contributed by atoms with van der Waals surface area (Å²) in [6, 6.07) is 5.07. The van der Waals surface area contributed by atoms with Crippen molar-refractivity contribution in [1.82, 2.24) is 4.98 Å². The van der Waals surface area contributed by atoms with Crippen molar-refractivity contribution in [1.29, 1.82) is 0 Å². The Labute approximate surface area is 96.1 Å². The van der Waals surface area contributed by atoms with Crippen molar-refractivity contribution < 1.29 is 14.3 Å². The Morgan fingerprint density at radius 1 is 1.41 bits per heavy atom. The van der Waals surface area contributed by atoms with Gasteiger partial charge in [0.25, 0.3) is 0 Å². The molecule has 2 aromatic rings. The molecule has 17 heavy (non-hydrogen) atoms. The number of rotatable bonds is 2. The summed E-state index contributed by atoms with van der Waals surface area (Å²) in [5, 5.41) is 9.32. The van der Waals surface area contributed by atoms with E-state index in [0.717, 1.165) is 12.0 Å². The zero-order valence-electron chi connectivity index (χ0n) is 9.03. The van der Waals surface area contributed by atoms with Gasteiger partial charge in [0.15, 0.2) is 5.58 Å². The van der Waals surface area contributed by atoms with Crippen LogP contribution >= 0.6 is 0 Å². The second kappa shape index (κ2) is 3.23. The van der Waals surface area contributed by atoms with Crippen molar-refractivity contribution in [2.45, 2.75) is 24.7 Å². The molecular weight excluding hydrogens is 222 g/mol. The lowest BCUT2D eigenvalue weighted by atomic mass is 9.64. The fourth-order valence-corrected chi connectivity index (χ4v) is 2.41. The number of H-pyrrole nitrogens is 1. The maximum atomic E-state index is 11.3. The minimum atomic E-state index is -0.797. The molecule has 0 radical (unpaired) electrons. The first-order valence-electron chi connectivity index (χ1n) is 5.49. The van der Waals surface area contributed by atoms with Gasteiger partial charge in [0.1, 0.15) is 0 Å². The third kappa shape index (κ3) is 1.32. The molecular formula is C12H11NO4. The smallest absolute Gasteiger partial charge is 0.417 e. The van der Waals surface area contributed by atoms with Crippen molar-refractivity contribution in [2.24, 2.45) is 0 Å². The number of hydrogen-bond donors (Lipinski definition) is 2. The molecule has 1 aliphatic rings. The molecule has 0 bridgehead atoms. The van der Waals surface area contributed by atoms with Crippen LogP contribution in [0.25, 0.3) is 11.1 Å². The van der Waals surface area contributed by atoms with Gasteiger partial charge in [-0.2, -0.15) is 0 Å². The summed E-state index contributed by atoms with van der Waals surface area (Å²) < 4.78 is 4.89. The lowest BCUT2D eigenvalue weighted by Gasteiger charge is -2.38. The second-order valence-corrected chi connectivity index (χ2v) is 4.47. The maximum absolute atomic E-state index is 11.3. The third-order valence-electron chi connectivity index (χ3n) is 3.59. The number of aliphatic carboxylic acids is 1. The molecule has 2 N–H and O–H groups in total. The Morgan fingerprint density at radius 2 is 2.18 bits per heavy atom. The lowest BCUT2D eigenvalue weighted by Crippen LogP contribution is -2.42. The van der Waals surface area contributed by atoms with E-state index in [1.165, 1.54) is 0 Å². The Bertz CT molecular complexity index is 648. The first-order valence-corrected chi connectivity index (χ1v) is 5.49. The van der Waals surface area contributed by atoms with E-state index in [2.05, 4.69) is 4.98 Å². The van der Waals surface area contributed by atoms with Crippen LogP contribution in [0.4, 0.5) is 0 Å². The number of carboxylic acids is 1. The van der Waals surface area contributed by atoms with Crippen LogP contribution in [-0.4, -0.2) is 16.1 Å². The molecule has 0 unspecified atom stereocenters.